The molecule has 1 N–H and O–H groups in total. The van der Waals surface area contributed by atoms with Gasteiger partial charge in [0.15, 0.2) is 0 Å². The third kappa shape index (κ3) is 2.96. The van der Waals surface area contributed by atoms with Gasteiger partial charge in [-0.3, -0.25) is 4.90 Å². The minimum atomic E-state index is -1.12. The first-order chi connectivity index (χ1) is 9.63. The number of benzene rings is 1. The largest absolute Gasteiger partial charge is 0.480 e. The van der Waals surface area contributed by atoms with Crippen molar-refractivity contribution in [3.8, 4) is 0 Å². The quantitative estimate of drug-likeness (QED) is 0.842. The second-order valence-electron chi connectivity index (χ2n) is 4.58. The number of hydrogen-bond donors (Lipinski definition) is 1. The van der Waals surface area contributed by atoms with Crippen molar-refractivity contribution in [1.82, 2.24) is 4.90 Å². The van der Waals surface area contributed by atoms with Gasteiger partial charge in [0.1, 0.15) is 18.9 Å². The van der Waals surface area contributed by atoms with Crippen LogP contribution in [0.3, 0.4) is 0 Å². The highest BCUT2D eigenvalue weighted by molar-refractivity contribution is 5.83. The standard InChI is InChI=1S/C14H15NO5/c16-8-11-6-7-12(13(17)18)15(11)14(19)20-9-10-4-2-1-3-5-10/h1-5,8,11-12H,6-7,9H2,(H,17,18)/t11-,12-/m1/s1. The van der Waals surface area contributed by atoms with E-state index in [-0.39, 0.29) is 13.0 Å². The van der Waals surface area contributed by atoms with E-state index >= 15 is 0 Å². The van der Waals surface area contributed by atoms with Crippen LogP contribution in [0, 0.1) is 0 Å². The zero-order chi connectivity index (χ0) is 14.5. The van der Waals surface area contributed by atoms with Crippen molar-refractivity contribution in [2.24, 2.45) is 0 Å². The number of nitrogens with zero attached hydrogens (tertiary/aromatic N) is 1. The first-order valence-electron chi connectivity index (χ1n) is 6.30. The van der Waals surface area contributed by atoms with Gasteiger partial charge in [0, 0.05) is 0 Å². The van der Waals surface area contributed by atoms with Gasteiger partial charge in [-0.05, 0) is 18.4 Å². The molecule has 1 fully saturated rings. The maximum absolute atomic E-state index is 12.0. The van der Waals surface area contributed by atoms with E-state index in [2.05, 4.69) is 0 Å². The summed E-state index contributed by atoms with van der Waals surface area (Å²) in [6, 6.07) is 7.34. The molecule has 1 aliphatic rings. The average molecular weight is 277 g/mol. The summed E-state index contributed by atoms with van der Waals surface area (Å²) >= 11 is 0. The molecular formula is C14H15NO5. The second kappa shape index (κ2) is 6.18. The molecule has 1 saturated heterocycles. The van der Waals surface area contributed by atoms with Gasteiger partial charge in [-0.1, -0.05) is 30.3 Å². The smallest absolute Gasteiger partial charge is 0.411 e. The van der Waals surface area contributed by atoms with Crippen LogP contribution in [0.2, 0.25) is 0 Å². The lowest BCUT2D eigenvalue weighted by Gasteiger charge is -2.24. The number of rotatable bonds is 4. The van der Waals surface area contributed by atoms with Gasteiger partial charge < -0.3 is 14.6 Å². The minimum absolute atomic E-state index is 0.0497. The summed E-state index contributed by atoms with van der Waals surface area (Å²) in [6.07, 6.45) is 0.433. The van der Waals surface area contributed by atoms with Gasteiger partial charge in [-0.2, -0.15) is 0 Å². The molecule has 0 unspecified atom stereocenters. The predicted octanol–water partition coefficient (Wildman–Crippen LogP) is 1.44. The SMILES string of the molecule is O=C[C@H]1CC[C@H](C(=O)O)N1C(=O)OCc1ccccc1. The zero-order valence-corrected chi connectivity index (χ0v) is 10.8. The molecule has 6 heteroatoms. The van der Waals surface area contributed by atoms with E-state index in [4.69, 9.17) is 9.84 Å². The molecule has 0 spiro atoms. The van der Waals surface area contributed by atoms with Crippen LogP contribution < -0.4 is 0 Å². The molecule has 1 aromatic rings. The van der Waals surface area contributed by atoms with E-state index in [9.17, 15) is 14.4 Å². The molecule has 20 heavy (non-hydrogen) atoms. The number of carboxylic acids is 1. The predicted molar refractivity (Wildman–Crippen MR) is 69.0 cm³/mol. The Morgan fingerprint density at radius 1 is 1.30 bits per heavy atom. The normalized spacial score (nSPS) is 21.5. The number of aliphatic carboxylic acids is 1. The van der Waals surface area contributed by atoms with E-state index in [1.807, 2.05) is 18.2 Å². The molecule has 0 aromatic heterocycles. The van der Waals surface area contributed by atoms with Crippen LogP contribution >= 0.6 is 0 Å². The van der Waals surface area contributed by atoms with Gasteiger partial charge >= 0.3 is 12.1 Å². The molecule has 0 aliphatic carbocycles. The highest BCUT2D eigenvalue weighted by atomic mass is 16.6. The van der Waals surface area contributed by atoms with E-state index in [0.717, 1.165) is 10.5 Å². The molecule has 1 amide bonds. The fraction of sp³-hybridized carbons (Fsp3) is 0.357. The molecule has 0 radical (unpaired) electrons. The van der Waals surface area contributed by atoms with E-state index < -0.39 is 24.1 Å². The summed E-state index contributed by atoms with van der Waals surface area (Å²) < 4.78 is 5.09. The zero-order valence-electron chi connectivity index (χ0n) is 10.8. The van der Waals surface area contributed by atoms with Crippen LogP contribution in [0.25, 0.3) is 0 Å². The Morgan fingerprint density at radius 2 is 2.00 bits per heavy atom. The Hall–Kier alpha value is -2.37. The Bertz CT molecular complexity index is 502. The highest BCUT2D eigenvalue weighted by Crippen LogP contribution is 2.24. The first-order valence-corrected chi connectivity index (χ1v) is 6.30. The van der Waals surface area contributed by atoms with Gasteiger partial charge in [-0.25, -0.2) is 9.59 Å². The molecule has 1 heterocycles. The topological polar surface area (TPSA) is 83.9 Å². The van der Waals surface area contributed by atoms with Crippen LogP contribution in [-0.4, -0.2) is 40.4 Å². The molecule has 1 aliphatic heterocycles. The van der Waals surface area contributed by atoms with E-state index in [1.54, 1.807) is 12.1 Å². The van der Waals surface area contributed by atoms with Crippen molar-refractivity contribution in [2.45, 2.75) is 31.5 Å². The Morgan fingerprint density at radius 3 is 2.60 bits per heavy atom. The number of hydrogen-bond acceptors (Lipinski definition) is 4. The first kappa shape index (κ1) is 14.0. The summed E-state index contributed by atoms with van der Waals surface area (Å²) in [5.74, 6) is -1.12. The fourth-order valence-electron chi connectivity index (χ4n) is 2.27. The van der Waals surface area contributed by atoms with Crippen molar-refractivity contribution in [1.29, 1.82) is 0 Å². The lowest BCUT2D eigenvalue weighted by atomic mass is 10.2. The summed E-state index contributed by atoms with van der Waals surface area (Å²) in [4.78, 5) is 35.0. The maximum Gasteiger partial charge on any atom is 0.411 e. The van der Waals surface area contributed by atoms with Gasteiger partial charge in [0.05, 0.1) is 6.04 Å². The number of carbonyl (C=O) groups is 3. The van der Waals surface area contributed by atoms with Gasteiger partial charge in [0.25, 0.3) is 0 Å². The third-order valence-electron chi connectivity index (χ3n) is 3.29. The summed E-state index contributed by atoms with van der Waals surface area (Å²) in [5, 5.41) is 9.07. The molecule has 6 nitrogen and oxygen atoms in total. The number of likely N-dealkylation sites (tertiary alicyclic amines) is 1. The number of amides is 1. The molecular weight excluding hydrogens is 262 g/mol. The average Bonchev–Trinajstić information content (AvgIpc) is 2.90. The Labute approximate surface area is 115 Å². The van der Waals surface area contributed by atoms with Crippen LogP contribution in [0.4, 0.5) is 4.79 Å². The van der Waals surface area contributed by atoms with Crippen LogP contribution in [0.5, 0.6) is 0 Å². The number of aldehydes is 1. The summed E-state index contributed by atoms with van der Waals surface area (Å²) in [7, 11) is 0. The number of ether oxygens (including phenoxy) is 1. The van der Waals surface area contributed by atoms with Gasteiger partial charge in [0.2, 0.25) is 0 Å². The Kier molecular flexibility index (Phi) is 4.34. The molecule has 106 valence electrons. The third-order valence-corrected chi connectivity index (χ3v) is 3.29. The van der Waals surface area contributed by atoms with Crippen molar-refractivity contribution < 1.29 is 24.2 Å². The van der Waals surface area contributed by atoms with Crippen LogP contribution in [0.1, 0.15) is 18.4 Å². The Balaban J connectivity index is 2.02. The summed E-state index contributed by atoms with van der Waals surface area (Å²) in [5.41, 5.74) is 0.801. The highest BCUT2D eigenvalue weighted by Gasteiger charge is 2.41. The molecule has 1 aromatic carbocycles. The van der Waals surface area contributed by atoms with Crippen LogP contribution in [-0.2, 0) is 20.9 Å². The monoisotopic (exact) mass is 277 g/mol. The molecule has 0 saturated carbocycles. The van der Waals surface area contributed by atoms with Crippen molar-refractivity contribution in [3.05, 3.63) is 35.9 Å². The lowest BCUT2D eigenvalue weighted by Crippen LogP contribution is -2.45. The minimum Gasteiger partial charge on any atom is -0.480 e. The van der Waals surface area contributed by atoms with E-state index in [1.165, 1.54) is 0 Å². The number of carbonyl (C=O) groups excluding carboxylic acids is 2. The maximum atomic E-state index is 12.0. The van der Waals surface area contributed by atoms with Crippen molar-refractivity contribution in [2.75, 3.05) is 0 Å². The fourth-order valence-corrected chi connectivity index (χ4v) is 2.27. The molecule has 2 rings (SSSR count). The van der Waals surface area contributed by atoms with E-state index in [0.29, 0.717) is 12.7 Å². The number of carboxylic acid groups (broad SMARTS) is 1. The van der Waals surface area contributed by atoms with Crippen molar-refractivity contribution >= 4 is 18.3 Å². The molecule has 0 bridgehead atoms. The summed E-state index contributed by atoms with van der Waals surface area (Å²) in [6.45, 7) is 0.0497. The van der Waals surface area contributed by atoms with Crippen molar-refractivity contribution in [3.63, 3.8) is 0 Å². The molecule has 2 atom stereocenters. The van der Waals surface area contributed by atoms with Gasteiger partial charge in [-0.15, -0.1) is 0 Å². The second-order valence-corrected chi connectivity index (χ2v) is 4.58. The van der Waals surface area contributed by atoms with Crippen LogP contribution in [0.15, 0.2) is 30.3 Å². The lowest BCUT2D eigenvalue weighted by molar-refractivity contribution is -0.142.